The molecule has 8 aromatic carbocycles. The van der Waals surface area contributed by atoms with Gasteiger partial charge in [0.1, 0.15) is 24.0 Å². The van der Waals surface area contributed by atoms with Gasteiger partial charge in [-0.1, -0.05) is 196 Å². The topological polar surface area (TPSA) is 48.1 Å². The Hall–Kier alpha value is -8.74. The highest BCUT2D eigenvalue weighted by Gasteiger charge is 2.27. The highest BCUT2D eigenvalue weighted by molar-refractivity contribution is 6.22. The molecule has 77 heavy (non-hydrogen) atoms. The number of nitrogens with zero attached hydrogens (tertiary/aromatic N) is 5. The molecule has 0 atom stereocenters. The molecule has 0 aliphatic carbocycles. The maximum absolute atomic E-state index is 6.88. The highest BCUT2D eigenvalue weighted by atomic mass is 16.5. The maximum Gasteiger partial charge on any atom is 0.147 e. The minimum absolute atomic E-state index is 0.0316. The molecule has 0 unspecified atom stereocenters. The summed E-state index contributed by atoms with van der Waals surface area (Å²) in [6.45, 7) is 21.1. The molecule has 4 aromatic heterocycles. The van der Waals surface area contributed by atoms with Crippen LogP contribution in [0.4, 0.5) is 11.4 Å². The molecule has 5 heterocycles. The normalized spacial score (nSPS) is 12.9. The van der Waals surface area contributed by atoms with Crippen LogP contribution in [0.1, 0.15) is 79.0 Å². The first-order valence-electron chi connectivity index (χ1n) is 27.0. The van der Waals surface area contributed by atoms with Gasteiger partial charge in [-0.15, -0.1) is 0 Å². The summed E-state index contributed by atoms with van der Waals surface area (Å²) < 4.78 is 11.7. The SMILES string of the molecule is CC(C)(C)c1ccc(-c2cc(-c3cccc4c5ccccc5c5ccccc5c5cccc6c5n(c34)CN6c3cncc(Oc4ccc5c6ccccc6n(-c6cc(C(C)(C)C)ccn6)c5c4)c3)cc(C(C)(C)C)c2)cc1. The van der Waals surface area contributed by atoms with E-state index >= 15 is 0 Å². The van der Waals surface area contributed by atoms with E-state index in [4.69, 9.17) is 14.7 Å². The van der Waals surface area contributed by atoms with E-state index in [0.29, 0.717) is 12.4 Å². The Morgan fingerprint density at radius 2 is 1.01 bits per heavy atom. The van der Waals surface area contributed by atoms with E-state index in [-0.39, 0.29) is 16.2 Å². The van der Waals surface area contributed by atoms with Crippen molar-refractivity contribution in [2.75, 3.05) is 4.90 Å². The average Bonchev–Trinajstić information content (AvgIpc) is 4.20. The molecule has 12 aromatic rings. The molecular formula is C71H63N5O. The van der Waals surface area contributed by atoms with Crippen molar-refractivity contribution in [2.45, 2.75) is 85.2 Å². The second kappa shape index (κ2) is 18.0. The van der Waals surface area contributed by atoms with Crippen molar-refractivity contribution in [3.05, 3.63) is 223 Å². The zero-order chi connectivity index (χ0) is 53.0. The van der Waals surface area contributed by atoms with Gasteiger partial charge in [0, 0.05) is 45.4 Å². The van der Waals surface area contributed by atoms with Crippen LogP contribution in [0.2, 0.25) is 0 Å². The predicted molar refractivity (Wildman–Crippen MR) is 324 cm³/mol. The summed E-state index contributed by atoms with van der Waals surface area (Å²) in [5.74, 6) is 2.25. The van der Waals surface area contributed by atoms with Crippen LogP contribution < -0.4 is 9.64 Å². The lowest BCUT2D eigenvalue weighted by Crippen LogP contribution is -2.15. The molecule has 0 fully saturated rings. The van der Waals surface area contributed by atoms with E-state index in [9.17, 15) is 0 Å². The summed E-state index contributed by atoms with van der Waals surface area (Å²) in [6, 6.07) is 69.3. The van der Waals surface area contributed by atoms with Crippen molar-refractivity contribution >= 4 is 76.5 Å². The van der Waals surface area contributed by atoms with Gasteiger partial charge in [-0.25, -0.2) is 4.98 Å². The van der Waals surface area contributed by atoms with Crippen LogP contribution in [0.5, 0.6) is 11.5 Å². The predicted octanol–water partition coefficient (Wildman–Crippen LogP) is 19.2. The number of pyridine rings is 2. The second-order valence-electron chi connectivity index (χ2n) is 24.0. The fourth-order valence-electron chi connectivity index (χ4n) is 11.7. The highest BCUT2D eigenvalue weighted by Crippen LogP contribution is 2.46. The first kappa shape index (κ1) is 47.9. The Morgan fingerprint density at radius 1 is 0.416 bits per heavy atom. The molecule has 13 rings (SSSR count). The van der Waals surface area contributed by atoms with Crippen molar-refractivity contribution in [1.82, 2.24) is 19.1 Å². The quantitative estimate of drug-likeness (QED) is 0.167. The Morgan fingerprint density at radius 3 is 1.70 bits per heavy atom. The van der Waals surface area contributed by atoms with Crippen LogP contribution in [0.15, 0.2) is 207 Å². The molecular weight excluding hydrogens is 939 g/mol. The minimum atomic E-state index is -0.102. The van der Waals surface area contributed by atoms with E-state index in [1.54, 1.807) is 0 Å². The van der Waals surface area contributed by atoms with E-state index in [0.717, 1.165) is 50.4 Å². The summed E-state index contributed by atoms with van der Waals surface area (Å²) in [7, 11) is 0. The molecule has 0 N–H and O–H groups in total. The third-order valence-electron chi connectivity index (χ3n) is 15.8. The number of aromatic nitrogens is 4. The number of hydrogen-bond donors (Lipinski definition) is 0. The summed E-state index contributed by atoms with van der Waals surface area (Å²) in [5.41, 5.74) is 15.0. The van der Waals surface area contributed by atoms with E-state index in [1.807, 2.05) is 18.6 Å². The molecule has 0 saturated heterocycles. The first-order valence-corrected chi connectivity index (χ1v) is 27.0. The van der Waals surface area contributed by atoms with Crippen LogP contribution in [0.3, 0.4) is 0 Å². The van der Waals surface area contributed by atoms with E-state index < -0.39 is 0 Å². The second-order valence-corrected chi connectivity index (χ2v) is 24.0. The van der Waals surface area contributed by atoms with Gasteiger partial charge >= 0.3 is 0 Å². The monoisotopic (exact) mass is 1000 g/mol. The van der Waals surface area contributed by atoms with Gasteiger partial charge in [-0.2, -0.15) is 0 Å². The number of para-hydroxylation sites is 3. The number of benzene rings is 8. The molecule has 0 radical (unpaired) electrons. The minimum Gasteiger partial charge on any atom is -0.456 e. The van der Waals surface area contributed by atoms with Gasteiger partial charge in [0.25, 0.3) is 0 Å². The van der Waals surface area contributed by atoms with Gasteiger partial charge < -0.3 is 14.2 Å². The number of hydrogen-bond acceptors (Lipinski definition) is 4. The fraction of sp³-hybridized carbons (Fsp3) is 0.183. The molecule has 6 nitrogen and oxygen atoms in total. The molecule has 0 saturated carbocycles. The van der Waals surface area contributed by atoms with Gasteiger partial charge in [0.05, 0.1) is 45.8 Å². The third-order valence-corrected chi connectivity index (χ3v) is 15.8. The smallest absolute Gasteiger partial charge is 0.147 e. The number of rotatable bonds is 6. The van der Waals surface area contributed by atoms with Crippen molar-refractivity contribution < 1.29 is 4.74 Å². The van der Waals surface area contributed by atoms with Crippen LogP contribution in [0.25, 0.3) is 93.2 Å². The van der Waals surface area contributed by atoms with Crippen molar-refractivity contribution in [1.29, 1.82) is 0 Å². The lowest BCUT2D eigenvalue weighted by atomic mass is 9.82. The molecule has 0 amide bonds. The van der Waals surface area contributed by atoms with E-state index in [2.05, 4.69) is 264 Å². The molecule has 1 aliphatic heterocycles. The maximum atomic E-state index is 6.88. The molecule has 0 spiro atoms. The Kier molecular flexibility index (Phi) is 11.2. The summed E-state index contributed by atoms with van der Waals surface area (Å²) in [6.07, 6.45) is 5.71. The number of anilines is 2. The lowest BCUT2D eigenvalue weighted by Gasteiger charge is -2.23. The zero-order valence-corrected chi connectivity index (χ0v) is 45.5. The number of fused-ring (bicyclic) bond motifs is 10. The zero-order valence-electron chi connectivity index (χ0n) is 45.5. The van der Waals surface area contributed by atoms with Gasteiger partial charge in [0.2, 0.25) is 0 Å². The third kappa shape index (κ3) is 8.35. The van der Waals surface area contributed by atoms with Crippen LogP contribution in [-0.4, -0.2) is 19.1 Å². The van der Waals surface area contributed by atoms with Crippen LogP contribution in [0, 0.1) is 0 Å². The van der Waals surface area contributed by atoms with E-state index in [1.165, 1.54) is 76.6 Å². The van der Waals surface area contributed by atoms with Gasteiger partial charge in [-0.05, 0) is 114 Å². The summed E-state index contributed by atoms with van der Waals surface area (Å²) in [4.78, 5) is 12.2. The molecule has 0 bridgehead atoms. The van der Waals surface area contributed by atoms with Crippen molar-refractivity contribution in [3.63, 3.8) is 0 Å². The van der Waals surface area contributed by atoms with Gasteiger partial charge in [-0.3, -0.25) is 9.55 Å². The molecule has 6 heteroatoms. The van der Waals surface area contributed by atoms with Crippen molar-refractivity contribution in [3.8, 4) is 39.6 Å². The van der Waals surface area contributed by atoms with Crippen LogP contribution >= 0.6 is 0 Å². The Balaban J connectivity index is 1.000. The Labute approximate surface area is 451 Å². The average molecular weight is 1000 g/mol. The summed E-state index contributed by atoms with van der Waals surface area (Å²) in [5, 5.41) is 9.46. The summed E-state index contributed by atoms with van der Waals surface area (Å²) >= 11 is 0. The van der Waals surface area contributed by atoms with Crippen molar-refractivity contribution in [2.24, 2.45) is 0 Å². The van der Waals surface area contributed by atoms with Crippen LogP contribution in [-0.2, 0) is 22.9 Å². The first-order chi connectivity index (χ1) is 37.1. The standard InChI is InChI=1S/C71H63N5O/c1-69(2,3)48-30-28-45(29-31-48)46-36-47(38-50(37-46)71(7,8)9)54-23-16-24-61-57-20-12-10-18-55(57)56-19-11-13-21-58(56)62-25-17-27-64-68(62)75(67(54)61)44-74(64)51-40-53(43-72-42-51)77-52-32-33-60-59-22-14-15-26-63(59)76(65(60)41-52)66-39-49(34-35-73-66)70(4,5)6/h10-43H,44H2,1-9H3. The molecule has 378 valence electrons. The molecule has 1 aliphatic rings. The van der Waals surface area contributed by atoms with Gasteiger partial charge in [0.15, 0.2) is 0 Å². The number of ether oxygens (including phenoxy) is 1. The fourth-order valence-corrected chi connectivity index (χ4v) is 11.7. The largest absolute Gasteiger partial charge is 0.456 e. The lowest BCUT2D eigenvalue weighted by molar-refractivity contribution is 0.481. The Bertz CT molecular complexity index is 4400.